The molecular formula is C52H57N7O14. The van der Waals surface area contributed by atoms with E-state index in [1.54, 1.807) is 97.1 Å². The smallest absolute Gasteiger partial charge is 0.407 e. The number of carbonyl (C=O) groups is 8. The van der Waals surface area contributed by atoms with E-state index in [0.717, 1.165) is 29.4 Å². The van der Waals surface area contributed by atoms with E-state index in [2.05, 4.69) is 26.6 Å². The molecule has 0 fully saturated rings. The van der Waals surface area contributed by atoms with Gasteiger partial charge in [0.1, 0.15) is 26.4 Å². The molecule has 5 rings (SSSR count). The van der Waals surface area contributed by atoms with E-state index in [4.69, 9.17) is 23.7 Å². The number of amides is 7. The first-order valence-corrected chi connectivity index (χ1v) is 23.0. The van der Waals surface area contributed by atoms with Crippen LogP contribution in [0.25, 0.3) is 0 Å². The highest BCUT2D eigenvalue weighted by Gasteiger charge is 2.28. The van der Waals surface area contributed by atoms with E-state index in [1.807, 2.05) is 24.3 Å². The van der Waals surface area contributed by atoms with Crippen molar-refractivity contribution in [2.75, 3.05) is 64.8 Å². The number of nitrogens with one attached hydrogen (secondary N) is 5. The second kappa shape index (κ2) is 29.9. The van der Waals surface area contributed by atoms with Crippen LogP contribution in [-0.2, 0) is 59.7 Å². The molecule has 0 bridgehead atoms. The summed E-state index contributed by atoms with van der Waals surface area (Å²) in [5.41, 5.74) is 2.41. The van der Waals surface area contributed by atoms with Gasteiger partial charge in [-0.2, -0.15) is 0 Å². The van der Waals surface area contributed by atoms with Crippen LogP contribution in [0.5, 0.6) is 0 Å². The Morgan fingerprint density at radius 1 is 0.452 bits per heavy atom. The highest BCUT2D eigenvalue weighted by atomic mass is 16.6. The summed E-state index contributed by atoms with van der Waals surface area (Å²) in [6.07, 6.45) is -5.09. The summed E-state index contributed by atoms with van der Waals surface area (Å²) in [6, 6.07) is 39.5. The summed E-state index contributed by atoms with van der Waals surface area (Å²) in [7, 11) is 1.01. The van der Waals surface area contributed by atoms with Crippen molar-refractivity contribution in [2.45, 2.75) is 32.5 Å². The quantitative estimate of drug-likeness (QED) is 0.0303. The van der Waals surface area contributed by atoms with Gasteiger partial charge in [0.05, 0.1) is 0 Å². The fraction of sp³-hybridized carbons (Fsp3) is 0.269. The number of benzene rings is 5. The SMILES string of the molecule is COC(C(=O)O)C(=O)Nc1cc(C(=O)N(CCNC(=O)OCc2ccccc2)CCNC(=O)OCc2ccccc2)cc(C(=O)N(CCNC(=O)OCc2ccccc2)CCNC(=O)OCc2ccccc2)c1. The molecule has 21 nitrogen and oxygen atoms in total. The molecule has 0 spiro atoms. The number of nitrogens with zero attached hydrogens (tertiary/aromatic N) is 2. The van der Waals surface area contributed by atoms with Crippen molar-refractivity contribution in [3.63, 3.8) is 0 Å². The number of aliphatic carboxylic acids is 1. The molecule has 1 atom stereocenters. The fourth-order valence-corrected chi connectivity index (χ4v) is 6.74. The average Bonchev–Trinajstić information content (AvgIpc) is 3.40. The Morgan fingerprint density at radius 2 is 0.740 bits per heavy atom. The fourth-order valence-electron chi connectivity index (χ4n) is 6.74. The van der Waals surface area contributed by atoms with Crippen LogP contribution in [0, 0.1) is 0 Å². The summed E-state index contributed by atoms with van der Waals surface area (Å²) >= 11 is 0. The molecule has 5 aromatic carbocycles. The van der Waals surface area contributed by atoms with Gasteiger partial charge in [0, 0.05) is 76.3 Å². The van der Waals surface area contributed by atoms with Crippen molar-refractivity contribution < 1.29 is 67.1 Å². The van der Waals surface area contributed by atoms with Crippen LogP contribution >= 0.6 is 0 Å². The molecule has 0 aliphatic carbocycles. The largest absolute Gasteiger partial charge is 0.479 e. The van der Waals surface area contributed by atoms with Gasteiger partial charge >= 0.3 is 30.3 Å². The zero-order chi connectivity index (χ0) is 52.2. The Balaban J connectivity index is 1.37. The maximum absolute atomic E-state index is 14.6. The molecule has 21 heteroatoms. The van der Waals surface area contributed by atoms with Gasteiger partial charge in [0.15, 0.2) is 0 Å². The normalized spacial score (nSPS) is 10.9. The van der Waals surface area contributed by atoms with Crippen molar-refractivity contribution in [1.82, 2.24) is 31.1 Å². The van der Waals surface area contributed by atoms with Gasteiger partial charge in [-0.1, -0.05) is 121 Å². The van der Waals surface area contributed by atoms with E-state index < -0.39 is 54.2 Å². The van der Waals surface area contributed by atoms with Gasteiger partial charge < -0.3 is 65.2 Å². The lowest BCUT2D eigenvalue weighted by atomic mass is 10.1. The lowest BCUT2D eigenvalue weighted by molar-refractivity contribution is -0.153. The second-order valence-corrected chi connectivity index (χ2v) is 15.8. The highest BCUT2D eigenvalue weighted by molar-refractivity contribution is 6.08. The van der Waals surface area contributed by atoms with Crippen LogP contribution in [0.1, 0.15) is 43.0 Å². The van der Waals surface area contributed by atoms with Crippen molar-refractivity contribution in [2.24, 2.45) is 0 Å². The highest BCUT2D eigenvalue weighted by Crippen LogP contribution is 2.20. The molecule has 0 heterocycles. The Hall–Kier alpha value is -8.98. The van der Waals surface area contributed by atoms with E-state index >= 15 is 0 Å². The molecule has 0 aromatic heterocycles. The Labute approximate surface area is 421 Å². The number of carboxylic acids is 1. The van der Waals surface area contributed by atoms with Crippen LogP contribution in [0.4, 0.5) is 24.9 Å². The Kier molecular flexibility index (Phi) is 22.5. The first kappa shape index (κ1) is 55.0. The van der Waals surface area contributed by atoms with E-state index in [0.29, 0.717) is 0 Å². The molecule has 0 saturated carbocycles. The minimum Gasteiger partial charge on any atom is -0.479 e. The van der Waals surface area contributed by atoms with E-state index in [1.165, 1.54) is 28.0 Å². The number of alkyl carbamates (subject to hydrolysis) is 4. The zero-order valence-electron chi connectivity index (χ0n) is 40.0. The monoisotopic (exact) mass is 1000 g/mol. The van der Waals surface area contributed by atoms with Crippen LogP contribution in [-0.4, -0.2) is 129 Å². The molecule has 0 aliphatic rings. The summed E-state index contributed by atoms with van der Waals surface area (Å²) in [4.78, 5) is 108. The van der Waals surface area contributed by atoms with Crippen molar-refractivity contribution in [3.05, 3.63) is 173 Å². The van der Waals surface area contributed by atoms with Crippen LogP contribution in [0.2, 0.25) is 0 Å². The molecule has 0 radical (unpaired) electrons. The average molecular weight is 1000 g/mol. The molecule has 7 amide bonds. The third-order valence-corrected chi connectivity index (χ3v) is 10.4. The second-order valence-electron chi connectivity index (χ2n) is 15.8. The van der Waals surface area contributed by atoms with Gasteiger partial charge in [0.25, 0.3) is 17.7 Å². The Bertz CT molecular complexity index is 2310. The number of ether oxygens (including phenoxy) is 5. The van der Waals surface area contributed by atoms with Gasteiger partial charge in [-0.25, -0.2) is 24.0 Å². The lowest BCUT2D eigenvalue weighted by Crippen LogP contribution is -2.43. The van der Waals surface area contributed by atoms with Crippen molar-refractivity contribution in [3.8, 4) is 0 Å². The number of methoxy groups -OCH3 is 1. The van der Waals surface area contributed by atoms with E-state index in [9.17, 15) is 43.5 Å². The third kappa shape index (κ3) is 19.7. The summed E-state index contributed by atoms with van der Waals surface area (Å²) < 4.78 is 26.1. The van der Waals surface area contributed by atoms with E-state index in [-0.39, 0.29) is 95.6 Å². The minimum atomic E-state index is -1.98. The Morgan fingerprint density at radius 3 is 1.00 bits per heavy atom. The first-order chi connectivity index (χ1) is 35.4. The molecule has 0 aliphatic heterocycles. The number of carbonyl (C=O) groups excluding carboxylic acids is 7. The molecule has 6 N–H and O–H groups in total. The van der Waals surface area contributed by atoms with Gasteiger partial charge in [-0.3, -0.25) is 14.4 Å². The third-order valence-electron chi connectivity index (χ3n) is 10.4. The number of carboxylic acid groups (broad SMARTS) is 1. The number of hydrogen-bond acceptors (Lipinski definition) is 13. The molecule has 73 heavy (non-hydrogen) atoms. The maximum atomic E-state index is 14.6. The number of anilines is 1. The predicted molar refractivity (Wildman–Crippen MR) is 264 cm³/mol. The summed E-state index contributed by atoms with van der Waals surface area (Å²) in [5.74, 6) is -4.25. The van der Waals surface area contributed by atoms with Gasteiger partial charge in [-0.05, 0) is 40.5 Å². The summed E-state index contributed by atoms with van der Waals surface area (Å²) in [6.45, 7) is -1.26. The maximum Gasteiger partial charge on any atom is 0.407 e. The van der Waals surface area contributed by atoms with Crippen molar-refractivity contribution >= 4 is 53.8 Å². The summed E-state index contributed by atoms with van der Waals surface area (Å²) in [5, 5.41) is 22.4. The minimum absolute atomic E-state index is 0.0225. The number of rotatable bonds is 26. The van der Waals surface area contributed by atoms with Gasteiger partial charge in [0.2, 0.25) is 6.10 Å². The molecule has 384 valence electrons. The van der Waals surface area contributed by atoms with Crippen LogP contribution in [0.3, 0.4) is 0 Å². The van der Waals surface area contributed by atoms with Crippen LogP contribution < -0.4 is 26.6 Å². The standard InChI is InChI=1S/C52H57N7O14/c1-69-44(48(63)64)45(60)57-43-31-41(46(61)58(26-22-53-49(65)70-33-37-14-6-2-7-15-37)27-23-54-50(66)71-34-38-16-8-3-9-17-38)30-42(32-43)47(62)59(28-24-55-51(67)72-35-39-18-10-4-11-19-39)29-25-56-52(68)73-36-40-20-12-5-13-21-40/h2-21,30-32,44H,22-29,33-36H2,1H3,(H,53,65)(H,54,66)(H,55,67)(H,56,68)(H,57,60)(H,63,64). The predicted octanol–water partition coefficient (Wildman–Crippen LogP) is 5.31. The topological polar surface area (TPSA) is 270 Å². The molecule has 5 aromatic rings. The lowest BCUT2D eigenvalue weighted by Gasteiger charge is -2.25. The first-order valence-electron chi connectivity index (χ1n) is 23.0. The molecule has 1 unspecified atom stereocenters. The van der Waals surface area contributed by atoms with Crippen LogP contribution in [0.15, 0.2) is 140 Å². The zero-order valence-corrected chi connectivity index (χ0v) is 40.0. The van der Waals surface area contributed by atoms with Crippen molar-refractivity contribution in [1.29, 1.82) is 0 Å². The molecule has 0 saturated heterocycles. The molecular weight excluding hydrogens is 947 g/mol. The van der Waals surface area contributed by atoms with Gasteiger partial charge in [-0.15, -0.1) is 0 Å². The number of hydrogen-bond donors (Lipinski definition) is 6.